The minimum Gasteiger partial charge on any atom is -0.334 e. The lowest BCUT2D eigenvalue weighted by molar-refractivity contribution is -0.129. The summed E-state index contributed by atoms with van der Waals surface area (Å²) in [6.45, 7) is 22.2. The second-order valence-electron chi connectivity index (χ2n) is 9.50. The van der Waals surface area contributed by atoms with E-state index < -0.39 is 8.07 Å². The summed E-state index contributed by atoms with van der Waals surface area (Å²) in [7, 11) is -1.87. The smallest absolute Gasteiger partial charge is 0.248 e. The van der Waals surface area contributed by atoms with Crippen molar-refractivity contribution in [1.82, 2.24) is 4.90 Å². The van der Waals surface area contributed by atoms with Crippen molar-refractivity contribution >= 4 is 19.6 Å². The quantitative estimate of drug-likeness (QED) is 0.270. The monoisotopic (exact) mass is 411 g/mol. The van der Waals surface area contributed by atoms with Gasteiger partial charge in [0.2, 0.25) is 5.91 Å². The van der Waals surface area contributed by atoms with Crippen LogP contribution in [0.1, 0.15) is 74.8 Å². The molecule has 0 fully saturated rings. The summed E-state index contributed by atoms with van der Waals surface area (Å²) in [5.74, 6) is 3.55. The molecular formula is C26H41NOSi. The SMILES string of the molecule is CC(C)N(C(=O)/C=C(\C#C[Si](C(C)C)(C(C)C)C(C)C)c1ccccc1)C(C)C. The molecule has 160 valence electrons. The first-order valence-corrected chi connectivity index (χ1v) is 13.3. The van der Waals surface area contributed by atoms with Crippen molar-refractivity contribution in [2.75, 3.05) is 0 Å². The van der Waals surface area contributed by atoms with Crippen molar-refractivity contribution in [3.63, 3.8) is 0 Å². The fourth-order valence-electron chi connectivity index (χ4n) is 4.72. The molecule has 0 aliphatic carbocycles. The Morgan fingerprint density at radius 1 is 0.828 bits per heavy atom. The van der Waals surface area contributed by atoms with Gasteiger partial charge in [-0.1, -0.05) is 77.8 Å². The highest BCUT2D eigenvalue weighted by molar-refractivity contribution is 6.90. The molecular weight excluding hydrogens is 370 g/mol. The van der Waals surface area contributed by atoms with Crippen LogP contribution in [-0.4, -0.2) is 31.0 Å². The van der Waals surface area contributed by atoms with Crippen molar-refractivity contribution < 1.29 is 4.79 Å². The van der Waals surface area contributed by atoms with Crippen LogP contribution >= 0.6 is 0 Å². The topological polar surface area (TPSA) is 20.3 Å². The molecule has 0 aliphatic rings. The van der Waals surface area contributed by atoms with Gasteiger partial charge < -0.3 is 4.90 Å². The third-order valence-corrected chi connectivity index (χ3v) is 12.3. The van der Waals surface area contributed by atoms with Gasteiger partial charge >= 0.3 is 0 Å². The summed E-state index contributed by atoms with van der Waals surface area (Å²) in [6.07, 6.45) is 1.75. The van der Waals surface area contributed by atoms with Gasteiger partial charge in [-0.3, -0.25) is 4.79 Å². The Bertz CT molecular complexity index is 718. The second-order valence-corrected chi connectivity index (χ2v) is 15.1. The molecule has 1 rings (SSSR count). The van der Waals surface area contributed by atoms with Gasteiger partial charge in [0.25, 0.3) is 0 Å². The van der Waals surface area contributed by atoms with Gasteiger partial charge in [-0.05, 0) is 49.9 Å². The molecule has 0 heterocycles. The number of allylic oxidation sites excluding steroid dienone is 1. The van der Waals surface area contributed by atoms with Crippen LogP contribution in [0.3, 0.4) is 0 Å². The fourth-order valence-corrected chi connectivity index (χ4v) is 9.94. The van der Waals surface area contributed by atoms with E-state index in [4.69, 9.17) is 0 Å². The van der Waals surface area contributed by atoms with E-state index in [-0.39, 0.29) is 18.0 Å². The third kappa shape index (κ3) is 6.09. The Morgan fingerprint density at radius 3 is 1.66 bits per heavy atom. The summed E-state index contributed by atoms with van der Waals surface area (Å²) >= 11 is 0. The van der Waals surface area contributed by atoms with Gasteiger partial charge in [-0.2, -0.15) is 0 Å². The Kier molecular flexibility index (Phi) is 9.43. The molecule has 0 aliphatic heterocycles. The van der Waals surface area contributed by atoms with Crippen molar-refractivity contribution in [2.45, 2.75) is 97.9 Å². The summed E-state index contributed by atoms with van der Waals surface area (Å²) < 4.78 is 0. The zero-order valence-corrected chi connectivity index (χ0v) is 21.2. The molecule has 0 unspecified atom stereocenters. The zero-order chi connectivity index (χ0) is 22.4. The maximum absolute atomic E-state index is 13.1. The summed E-state index contributed by atoms with van der Waals surface area (Å²) in [5.41, 5.74) is 7.31. The summed E-state index contributed by atoms with van der Waals surface area (Å²) in [5, 5.41) is 0. The number of hydrogen-bond acceptors (Lipinski definition) is 1. The standard InChI is InChI=1S/C26H41NOSi/c1-19(2)27(20(3)4)26(28)18-25(24-14-12-11-13-15-24)16-17-29(21(5)6,22(7)8)23(9)10/h11-15,18-23H,1-10H3/b25-18+. The van der Waals surface area contributed by atoms with E-state index in [0.717, 1.165) is 11.1 Å². The summed E-state index contributed by atoms with van der Waals surface area (Å²) in [4.78, 5) is 15.0. The van der Waals surface area contributed by atoms with Crippen LogP contribution in [0.2, 0.25) is 16.6 Å². The molecule has 1 aromatic carbocycles. The van der Waals surface area contributed by atoms with Crippen LogP contribution in [-0.2, 0) is 4.79 Å². The van der Waals surface area contributed by atoms with Gasteiger partial charge in [0.1, 0.15) is 8.07 Å². The van der Waals surface area contributed by atoms with Gasteiger partial charge in [0, 0.05) is 23.7 Å². The first kappa shape index (κ1) is 25.2. The molecule has 0 bridgehead atoms. The molecule has 0 radical (unpaired) electrons. The molecule has 1 aromatic rings. The van der Waals surface area contributed by atoms with E-state index in [9.17, 15) is 4.79 Å². The Labute approximate surface area is 180 Å². The zero-order valence-electron chi connectivity index (χ0n) is 20.2. The van der Waals surface area contributed by atoms with Gasteiger partial charge in [0.05, 0.1) is 0 Å². The average Bonchev–Trinajstić information content (AvgIpc) is 2.60. The highest BCUT2D eigenvalue weighted by Gasteiger charge is 2.41. The number of hydrogen-bond donors (Lipinski definition) is 0. The third-order valence-electron chi connectivity index (χ3n) is 6.00. The lowest BCUT2D eigenvalue weighted by Crippen LogP contribution is -2.43. The van der Waals surface area contributed by atoms with Crippen LogP contribution in [0.25, 0.3) is 5.57 Å². The first-order chi connectivity index (χ1) is 13.4. The van der Waals surface area contributed by atoms with E-state index in [1.165, 1.54) is 0 Å². The predicted octanol–water partition coefficient (Wildman–Crippen LogP) is 6.94. The minimum absolute atomic E-state index is 0.0362. The number of benzene rings is 1. The van der Waals surface area contributed by atoms with Crippen molar-refractivity contribution in [3.05, 3.63) is 42.0 Å². The van der Waals surface area contributed by atoms with Crippen molar-refractivity contribution in [2.24, 2.45) is 0 Å². The molecule has 0 aromatic heterocycles. The number of nitrogens with zero attached hydrogens (tertiary/aromatic N) is 1. The van der Waals surface area contributed by atoms with E-state index in [1.807, 2.05) is 35.2 Å². The molecule has 0 spiro atoms. The normalized spacial score (nSPS) is 12.7. The molecule has 3 heteroatoms. The van der Waals surface area contributed by atoms with Gasteiger partial charge in [-0.15, -0.1) is 5.54 Å². The minimum atomic E-state index is -1.87. The van der Waals surface area contributed by atoms with Gasteiger partial charge in [-0.25, -0.2) is 0 Å². The van der Waals surface area contributed by atoms with E-state index >= 15 is 0 Å². The van der Waals surface area contributed by atoms with E-state index in [1.54, 1.807) is 6.08 Å². The van der Waals surface area contributed by atoms with Crippen LogP contribution in [0, 0.1) is 11.5 Å². The summed E-state index contributed by atoms with van der Waals surface area (Å²) in [6, 6.07) is 10.4. The molecule has 0 atom stereocenters. The maximum atomic E-state index is 13.1. The van der Waals surface area contributed by atoms with Crippen molar-refractivity contribution in [1.29, 1.82) is 0 Å². The Morgan fingerprint density at radius 2 is 1.28 bits per heavy atom. The number of rotatable bonds is 7. The highest BCUT2D eigenvalue weighted by atomic mass is 28.3. The van der Waals surface area contributed by atoms with Gasteiger partial charge in [0.15, 0.2) is 0 Å². The number of carbonyl (C=O) groups is 1. The second kappa shape index (κ2) is 10.8. The molecule has 0 saturated carbocycles. The van der Waals surface area contributed by atoms with E-state index in [2.05, 4.69) is 80.7 Å². The first-order valence-electron chi connectivity index (χ1n) is 11.1. The highest BCUT2D eigenvalue weighted by Crippen LogP contribution is 2.41. The van der Waals surface area contributed by atoms with Crippen LogP contribution in [0.15, 0.2) is 36.4 Å². The molecule has 0 N–H and O–H groups in total. The van der Waals surface area contributed by atoms with Crippen molar-refractivity contribution in [3.8, 4) is 11.5 Å². The Hall–Kier alpha value is -1.79. The molecule has 29 heavy (non-hydrogen) atoms. The lowest BCUT2D eigenvalue weighted by Gasteiger charge is -2.38. The van der Waals surface area contributed by atoms with E-state index in [0.29, 0.717) is 16.6 Å². The molecule has 0 saturated heterocycles. The number of carbonyl (C=O) groups excluding carboxylic acids is 1. The predicted molar refractivity (Wildman–Crippen MR) is 130 cm³/mol. The van der Waals surface area contributed by atoms with Crippen LogP contribution < -0.4 is 0 Å². The molecule has 1 amide bonds. The average molecular weight is 412 g/mol. The van der Waals surface area contributed by atoms with Crippen LogP contribution in [0.5, 0.6) is 0 Å². The largest absolute Gasteiger partial charge is 0.334 e. The number of amides is 1. The Balaban J connectivity index is 3.58. The molecule has 2 nitrogen and oxygen atoms in total. The fraction of sp³-hybridized carbons (Fsp3) is 0.577. The maximum Gasteiger partial charge on any atom is 0.248 e. The van der Waals surface area contributed by atoms with Crippen LogP contribution in [0.4, 0.5) is 0 Å². The lowest BCUT2D eigenvalue weighted by atomic mass is 10.1.